The number of aryl methyl sites for hydroxylation is 1. The first kappa shape index (κ1) is 8.37. The van der Waals surface area contributed by atoms with Crippen LogP contribution in [0.2, 0.25) is 0 Å². The van der Waals surface area contributed by atoms with Crippen molar-refractivity contribution in [2.75, 3.05) is 0 Å². The molecule has 0 N–H and O–H groups in total. The Bertz CT molecular complexity index is 352. The van der Waals surface area contributed by atoms with Crippen molar-refractivity contribution in [2.45, 2.75) is 6.92 Å². The van der Waals surface area contributed by atoms with E-state index in [2.05, 4.69) is 4.99 Å². The summed E-state index contributed by atoms with van der Waals surface area (Å²) >= 11 is 0. The molecule has 0 radical (unpaired) electrons. The van der Waals surface area contributed by atoms with E-state index in [0.717, 1.165) is 5.56 Å². The van der Waals surface area contributed by atoms with E-state index in [0.29, 0.717) is 17.5 Å². The molecule has 0 spiro atoms. The molecule has 0 atom stereocenters. The lowest BCUT2D eigenvalue weighted by Gasteiger charge is -1.96. The van der Waals surface area contributed by atoms with Crippen molar-refractivity contribution in [1.29, 1.82) is 0 Å². The quantitative estimate of drug-likeness (QED) is 0.377. The summed E-state index contributed by atoms with van der Waals surface area (Å²) in [6.45, 7) is 1.86. The lowest BCUT2D eigenvalue weighted by Crippen LogP contribution is -1.81. The SMILES string of the molecule is Cc1ccc(C=O)c(N=C=O)c1. The van der Waals surface area contributed by atoms with Gasteiger partial charge in [-0.3, -0.25) is 4.79 Å². The lowest BCUT2D eigenvalue weighted by atomic mass is 10.1. The van der Waals surface area contributed by atoms with Crippen LogP contribution in [0.3, 0.4) is 0 Å². The summed E-state index contributed by atoms with van der Waals surface area (Å²) < 4.78 is 0. The predicted molar refractivity (Wildman–Crippen MR) is 44.3 cm³/mol. The van der Waals surface area contributed by atoms with Crippen LogP contribution < -0.4 is 0 Å². The summed E-state index contributed by atoms with van der Waals surface area (Å²) in [5.74, 6) is 0. The molecule has 1 aromatic rings. The molecule has 3 nitrogen and oxygen atoms in total. The third-order valence-corrected chi connectivity index (χ3v) is 1.48. The molecule has 1 aromatic carbocycles. The largest absolute Gasteiger partial charge is 0.298 e. The molecule has 0 bridgehead atoms. The van der Waals surface area contributed by atoms with Gasteiger partial charge in [0, 0.05) is 5.56 Å². The fourth-order valence-corrected chi connectivity index (χ4v) is 0.899. The minimum absolute atomic E-state index is 0.375. The van der Waals surface area contributed by atoms with E-state index in [1.165, 1.54) is 6.08 Å². The molecule has 60 valence electrons. The molecule has 3 heteroatoms. The summed E-state index contributed by atoms with van der Waals surface area (Å²) in [5.41, 5.74) is 1.73. The van der Waals surface area contributed by atoms with Gasteiger partial charge >= 0.3 is 0 Å². The minimum Gasteiger partial charge on any atom is -0.298 e. The van der Waals surface area contributed by atoms with E-state index >= 15 is 0 Å². The van der Waals surface area contributed by atoms with Crippen molar-refractivity contribution in [3.05, 3.63) is 29.3 Å². The molecule has 0 heterocycles. The Balaban J connectivity index is 3.29. The summed E-state index contributed by atoms with van der Waals surface area (Å²) in [6.07, 6.45) is 2.06. The molecule has 0 aliphatic carbocycles. The van der Waals surface area contributed by atoms with Gasteiger partial charge in [0.05, 0.1) is 5.69 Å². The number of benzene rings is 1. The van der Waals surface area contributed by atoms with Gasteiger partial charge in [-0.1, -0.05) is 6.07 Å². The van der Waals surface area contributed by atoms with E-state index in [9.17, 15) is 9.59 Å². The first-order chi connectivity index (χ1) is 5.77. The third-order valence-electron chi connectivity index (χ3n) is 1.48. The Kier molecular flexibility index (Phi) is 2.51. The number of hydrogen-bond donors (Lipinski definition) is 0. The van der Waals surface area contributed by atoms with Gasteiger partial charge in [-0.2, -0.15) is 4.99 Å². The Labute approximate surface area is 69.7 Å². The normalized spacial score (nSPS) is 8.75. The van der Waals surface area contributed by atoms with E-state index in [4.69, 9.17) is 0 Å². The maximum absolute atomic E-state index is 10.4. The zero-order valence-electron chi connectivity index (χ0n) is 6.57. The summed E-state index contributed by atoms with van der Waals surface area (Å²) in [5, 5.41) is 0. The van der Waals surface area contributed by atoms with Crippen LogP contribution in [0.1, 0.15) is 15.9 Å². The number of carbonyl (C=O) groups excluding carboxylic acids is 2. The van der Waals surface area contributed by atoms with Crippen LogP contribution in [0.4, 0.5) is 5.69 Å². The van der Waals surface area contributed by atoms with Crippen LogP contribution in [-0.4, -0.2) is 12.4 Å². The average Bonchev–Trinajstić information content (AvgIpc) is 2.05. The van der Waals surface area contributed by atoms with Crippen molar-refractivity contribution in [3.8, 4) is 0 Å². The number of isocyanates is 1. The Morgan fingerprint density at radius 3 is 2.83 bits per heavy atom. The highest BCUT2D eigenvalue weighted by atomic mass is 16.1. The highest BCUT2D eigenvalue weighted by molar-refractivity contribution is 5.83. The molecule has 0 aliphatic heterocycles. The van der Waals surface area contributed by atoms with Crippen molar-refractivity contribution in [1.82, 2.24) is 0 Å². The molecule has 0 amide bonds. The predicted octanol–water partition coefficient (Wildman–Crippen LogP) is 1.77. The number of rotatable bonds is 2. The smallest absolute Gasteiger partial charge is 0.240 e. The van der Waals surface area contributed by atoms with Crippen LogP contribution in [0.15, 0.2) is 23.2 Å². The van der Waals surface area contributed by atoms with Crippen molar-refractivity contribution in [2.24, 2.45) is 4.99 Å². The van der Waals surface area contributed by atoms with E-state index < -0.39 is 0 Å². The van der Waals surface area contributed by atoms with Gasteiger partial charge in [0.1, 0.15) is 0 Å². The molecular formula is C9H7NO2. The topological polar surface area (TPSA) is 46.5 Å². The van der Waals surface area contributed by atoms with Gasteiger partial charge in [0.15, 0.2) is 6.29 Å². The highest BCUT2D eigenvalue weighted by Gasteiger charge is 1.98. The number of nitrogens with zero attached hydrogens (tertiary/aromatic N) is 1. The molecule has 0 fully saturated rings. The van der Waals surface area contributed by atoms with Crippen molar-refractivity contribution >= 4 is 18.1 Å². The van der Waals surface area contributed by atoms with Crippen molar-refractivity contribution < 1.29 is 9.59 Å². The Hall–Kier alpha value is -1.73. The minimum atomic E-state index is 0.375. The average molecular weight is 161 g/mol. The van der Waals surface area contributed by atoms with Crippen molar-refractivity contribution in [3.63, 3.8) is 0 Å². The first-order valence-electron chi connectivity index (χ1n) is 3.41. The Morgan fingerprint density at radius 1 is 1.50 bits per heavy atom. The van der Waals surface area contributed by atoms with E-state index in [-0.39, 0.29) is 0 Å². The van der Waals surface area contributed by atoms with E-state index in [1.807, 2.05) is 6.92 Å². The molecule has 0 saturated carbocycles. The first-order valence-corrected chi connectivity index (χ1v) is 3.41. The van der Waals surface area contributed by atoms with Crippen LogP contribution in [0.5, 0.6) is 0 Å². The number of aliphatic imine (C=N–C) groups is 1. The summed E-state index contributed by atoms with van der Waals surface area (Å²) in [7, 11) is 0. The molecule has 12 heavy (non-hydrogen) atoms. The second kappa shape index (κ2) is 3.60. The maximum atomic E-state index is 10.4. The standard InChI is InChI=1S/C9H7NO2/c1-7-2-3-8(5-11)9(4-7)10-6-12/h2-5H,1H3. The Morgan fingerprint density at radius 2 is 2.25 bits per heavy atom. The lowest BCUT2D eigenvalue weighted by molar-refractivity contribution is 0.112. The molecule has 0 unspecified atom stereocenters. The van der Waals surface area contributed by atoms with Gasteiger partial charge in [0.25, 0.3) is 0 Å². The van der Waals surface area contributed by atoms with Crippen LogP contribution >= 0.6 is 0 Å². The zero-order chi connectivity index (χ0) is 8.97. The number of aldehydes is 1. The molecular weight excluding hydrogens is 154 g/mol. The van der Waals surface area contributed by atoms with Gasteiger partial charge in [0.2, 0.25) is 6.08 Å². The van der Waals surface area contributed by atoms with Gasteiger partial charge in [-0.05, 0) is 24.6 Å². The fourth-order valence-electron chi connectivity index (χ4n) is 0.899. The van der Waals surface area contributed by atoms with Crippen LogP contribution in [-0.2, 0) is 4.79 Å². The summed E-state index contributed by atoms with van der Waals surface area (Å²) in [4.78, 5) is 23.8. The number of carbonyl (C=O) groups is 1. The highest BCUT2D eigenvalue weighted by Crippen LogP contribution is 2.17. The second-order valence-corrected chi connectivity index (χ2v) is 2.38. The summed E-state index contributed by atoms with van der Waals surface area (Å²) in [6, 6.07) is 5.07. The maximum Gasteiger partial charge on any atom is 0.240 e. The monoisotopic (exact) mass is 161 g/mol. The van der Waals surface area contributed by atoms with Gasteiger partial charge in [-0.15, -0.1) is 0 Å². The molecule has 0 aromatic heterocycles. The molecule has 1 rings (SSSR count). The van der Waals surface area contributed by atoms with Crippen LogP contribution in [0, 0.1) is 6.92 Å². The molecule has 0 saturated heterocycles. The van der Waals surface area contributed by atoms with Gasteiger partial charge in [-0.25, -0.2) is 4.79 Å². The third kappa shape index (κ3) is 1.65. The van der Waals surface area contributed by atoms with Crippen LogP contribution in [0.25, 0.3) is 0 Å². The number of hydrogen-bond acceptors (Lipinski definition) is 3. The fraction of sp³-hybridized carbons (Fsp3) is 0.111. The van der Waals surface area contributed by atoms with E-state index in [1.54, 1.807) is 18.2 Å². The second-order valence-electron chi connectivity index (χ2n) is 2.38. The van der Waals surface area contributed by atoms with Gasteiger partial charge < -0.3 is 0 Å². The molecule has 0 aliphatic rings. The zero-order valence-corrected chi connectivity index (χ0v) is 6.57.